The molecule has 0 unspecified atom stereocenters. The summed E-state index contributed by atoms with van der Waals surface area (Å²) >= 11 is 16.0. The lowest BCUT2D eigenvalue weighted by Crippen LogP contribution is -2.40. The van der Waals surface area contributed by atoms with E-state index in [1.54, 1.807) is 0 Å². The van der Waals surface area contributed by atoms with Crippen LogP contribution in [0.2, 0.25) is 10.0 Å². The number of hydrogen-bond donors (Lipinski definition) is 1. The third kappa shape index (κ3) is 5.45. The largest absolute Gasteiger partial charge is 0.337 e. The van der Waals surface area contributed by atoms with Gasteiger partial charge in [-0.2, -0.15) is 0 Å². The summed E-state index contributed by atoms with van der Waals surface area (Å²) in [7, 11) is 0. The number of imidazole rings is 1. The summed E-state index contributed by atoms with van der Waals surface area (Å²) in [6.45, 7) is 1.12. The summed E-state index contributed by atoms with van der Waals surface area (Å²) < 4.78 is 3.73. The smallest absolute Gasteiger partial charge is 0.326 e. The highest BCUT2D eigenvalue weighted by Gasteiger charge is 2.28. The number of carbonyl (C=O) groups is 1. The number of para-hydroxylation sites is 3. The lowest BCUT2D eigenvalue weighted by atomic mass is 10.0. The minimum absolute atomic E-state index is 0.0382. The number of thioether (sulfide) groups is 1. The zero-order valence-corrected chi connectivity index (χ0v) is 26.3. The highest BCUT2D eigenvalue weighted by atomic mass is 35.5. The molecule has 7 rings (SSSR count). The van der Waals surface area contributed by atoms with Gasteiger partial charge in [0.2, 0.25) is 0 Å². The Morgan fingerprint density at radius 1 is 0.955 bits per heavy atom. The first-order valence-electron chi connectivity index (χ1n) is 14.0. The zero-order chi connectivity index (χ0) is 30.2. The van der Waals surface area contributed by atoms with Crippen molar-refractivity contribution in [1.82, 2.24) is 34.2 Å². The van der Waals surface area contributed by atoms with Crippen LogP contribution in [-0.2, 0) is 5.75 Å². The maximum Gasteiger partial charge on any atom is 0.326 e. The highest BCUT2D eigenvalue weighted by molar-refractivity contribution is 7.98. The summed E-state index contributed by atoms with van der Waals surface area (Å²) in [5, 5.41) is 13.3. The first-order chi connectivity index (χ1) is 21.5. The number of likely N-dealkylation sites (tertiary alicyclic amines) is 1. The minimum atomic E-state index is -0.109. The summed E-state index contributed by atoms with van der Waals surface area (Å²) in [6.07, 6.45) is 1.40. The summed E-state index contributed by atoms with van der Waals surface area (Å²) in [5.74, 6) is 0.983. The van der Waals surface area contributed by atoms with Gasteiger partial charge in [-0.05, 0) is 49.2 Å². The van der Waals surface area contributed by atoms with Gasteiger partial charge < -0.3 is 9.88 Å². The predicted octanol–water partition coefficient (Wildman–Crippen LogP) is 7.11. The Labute approximate surface area is 270 Å². The molecular weight excluding hydrogens is 637 g/mol. The van der Waals surface area contributed by atoms with E-state index >= 15 is 0 Å². The van der Waals surface area contributed by atoms with E-state index in [0.29, 0.717) is 58.4 Å². The number of hydrogen-bond acceptors (Lipinski definition) is 7. The van der Waals surface area contributed by atoms with Gasteiger partial charge in [-0.1, -0.05) is 71.4 Å². The summed E-state index contributed by atoms with van der Waals surface area (Å²) in [4.78, 5) is 35.4. The average Bonchev–Trinajstić information content (AvgIpc) is 3.77. The number of carbonyl (C=O) groups excluding carboxylic acids is 1. The second-order valence-corrected chi connectivity index (χ2v) is 13.0. The first-order valence-corrected chi connectivity index (χ1v) is 16.6. The number of thiazole rings is 1. The molecular formula is C31H25Cl2N7O2S2. The Bertz CT molecular complexity index is 2040. The molecule has 0 bridgehead atoms. The Morgan fingerprint density at radius 3 is 2.48 bits per heavy atom. The molecule has 3 aromatic carbocycles. The van der Waals surface area contributed by atoms with Crippen molar-refractivity contribution >= 4 is 63.2 Å². The van der Waals surface area contributed by atoms with Crippen LogP contribution < -0.4 is 5.69 Å². The second kappa shape index (κ2) is 12.2. The lowest BCUT2D eigenvalue weighted by molar-refractivity contribution is 0.0689. The monoisotopic (exact) mass is 661 g/mol. The maximum atomic E-state index is 13.4. The van der Waals surface area contributed by atoms with Crippen LogP contribution in [-0.4, -0.2) is 53.2 Å². The molecule has 4 heterocycles. The fraction of sp³-hybridized carbons (Fsp3) is 0.194. The SMILES string of the molecule is O=C(c1csc(CSc2nnc(-c3ccccc3Cl)n2-c2ccccc2Cl)n1)N1CCC(n2c(=O)[nH]c3ccccc32)CC1. The topological polar surface area (TPSA) is 102 Å². The number of nitrogens with zero attached hydrogens (tertiary/aromatic N) is 6. The van der Waals surface area contributed by atoms with E-state index in [0.717, 1.165) is 27.3 Å². The lowest BCUT2D eigenvalue weighted by Gasteiger charge is -2.32. The number of benzene rings is 3. The van der Waals surface area contributed by atoms with E-state index in [4.69, 9.17) is 23.2 Å². The molecule has 1 aliphatic rings. The number of piperidine rings is 1. The van der Waals surface area contributed by atoms with E-state index in [9.17, 15) is 9.59 Å². The molecule has 1 fully saturated rings. The molecule has 1 saturated heterocycles. The van der Waals surface area contributed by atoms with Crippen molar-refractivity contribution in [2.24, 2.45) is 0 Å². The maximum absolute atomic E-state index is 13.4. The molecule has 0 aliphatic carbocycles. The normalized spacial score (nSPS) is 14.0. The van der Waals surface area contributed by atoms with Crippen molar-refractivity contribution in [2.75, 3.05) is 13.1 Å². The van der Waals surface area contributed by atoms with Crippen LogP contribution in [0.3, 0.4) is 0 Å². The van der Waals surface area contributed by atoms with E-state index in [2.05, 4.69) is 20.2 Å². The Morgan fingerprint density at radius 2 is 1.68 bits per heavy atom. The molecule has 13 heteroatoms. The van der Waals surface area contributed by atoms with Gasteiger partial charge in [0, 0.05) is 30.1 Å². The van der Waals surface area contributed by atoms with Gasteiger partial charge in [0.05, 0.1) is 32.5 Å². The molecule has 6 aromatic rings. The van der Waals surface area contributed by atoms with Gasteiger partial charge in [0.1, 0.15) is 10.7 Å². The van der Waals surface area contributed by atoms with E-state index in [1.807, 2.05) is 92.2 Å². The van der Waals surface area contributed by atoms with Crippen molar-refractivity contribution in [3.8, 4) is 17.1 Å². The van der Waals surface area contributed by atoms with Gasteiger partial charge in [-0.15, -0.1) is 21.5 Å². The van der Waals surface area contributed by atoms with Gasteiger partial charge in [-0.25, -0.2) is 9.78 Å². The van der Waals surface area contributed by atoms with Gasteiger partial charge in [0.15, 0.2) is 11.0 Å². The van der Waals surface area contributed by atoms with Crippen molar-refractivity contribution in [2.45, 2.75) is 29.8 Å². The van der Waals surface area contributed by atoms with Crippen LogP contribution >= 0.6 is 46.3 Å². The molecule has 0 radical (unpaired) electrons. The molecule has 1 aliphatic heterocycles. The van der Waals surface area contributed by atoms with Crippen molar-refractivity contribution in [1.29, 1.82) is 0 Å². The number of fused-ring (bicyclic) bond motifs is 1. The summed E-state index contributed by atoms with van der Waals surface area (Å²) in [6, 6.07) is 22.7. The van der Waals surface area contributed by atoms with Crippen LogP contribution in [0.25, 0.3) is 28.1 Å². The number of halogens is 2. The molecule has 44 heavy (non-hydrogen) atoms. The third-order valence-electron chi connectivity index (χ3n) is 7.68. The highest BCUT2D eigenvalue weighted by Crippen LogP contribution is 2.35. The molecule has 1 N–H and O–H groups in total. The Kier molecular flexibility index (Phi) is 8.02. The average molecular weight is 663 g/mol. The van der Waals surface area contributed by atoms with Crippen molar-refractivity contribution < 1.29 is 4.79 Å². The van der Waals surface area contributed by atoms with Crippen LogP contribution in [0.15, 0.2) is 88.1 Å². The predicted molar refractivity (Wildman–Crippen MR) is 175 cm³/mol. The summed E-state index contributed by atoms with van der Waals surface area (Å²) in [5.41, 5.74) is 3.53. The van der Waals surface area contributed by atoms with Gasteiger partial charge in [0.25, 0.3) is 5.91 Å². The fourth-order valence-corrected chi connectivity index (χ4v) is 7.73. The number of amides is 1. The van der Waals surface area contributed by atoms with Crippen LogP contribution in [0.4, 0.5) is 0 Å². The number of rotatable bonds is 7. The first kappa shape index (κ1) is 28.8. The standard InChI is InChI=1S/C31H25Cl2N7O2S2/c32-21-8-2-1-7-20(21)28-36-37-31(40(28)25-11-5-3-9-22(25)33)44-18-27-34-24(17-43-27)29(41)38-15-13-19(14-16-38)39-26-12-6-4-10-23(26)35-30(39)42/h1-12,17,19H,13-16,18H2,(H,35,42). The zero-order valence-electron chi connectivity index (χ0n) is 23.2. The Hall–Kier alpha value is -3.90. The van der Waals surface area contributed by atoms with E-state index < -0.39 is 0 Å². The van der Waals surface area contributed by atoms with Crippen molar-refractivity contribution in [3.63, 3.8) is 0 Å². The second-order valence-electron chi connectivity index (χ2n) is 10.3. The fourth-order valence-electron chi connectivity index (χ4n) is 5.56. The van der Waals surface area contributed by atoms with Crippen LogP contribution in [0.5, 0.6) is 0 Å². The molecule has 0 atom stereocenters. The minimum Gasteiger partial charge on any atom is -0.337 e. The Balaban J connectivity index is 1.05. The van der Waals surface area contributed by atoms with E-state index in [1.165, 1.54) is 23.1 Å². The molecule has 3 aromatic heterocycles. The van der Waals surface area contributed by atoms with E-state index in [-0.39, 0.29) is 17.6 Å². The van der Waals surface area contributed by atoms with Crippen LogP contribution in [0.1, 0.15) is 34.4 Å². The molecule has 222 valence electrons. The molecule has 0 saturated carbocycles. The number of nitrogens with one attached hydrogen (secondary N) is 1. The van der Waals surface area contributed by atoms with Crippen LogP contribution in [0, 0.1) is 0 Å². The molecule has 1 amide bonds. The number of H-pyrrole nitrogens is 1. The van der Waals surface area contributed by atoms with Gasteiger partial charge in [-0.3, -0.25) is 13.9 Å². The molecule has 9 nitrogen and oxygen atoms in total. The quantitative estimate of drug-likeness (QED) is 0.183. The van der Waals surface area contributed by atoms with Gasteiger partial charge >= 0.3 is 5.69 Å². The third-order valence-corrected chi connectivity index (χ3v) is 10.3. The number of aromatic nitrogens is 6. The number of aromatic amines is 1. The van der Waals surface area contributed by atoms with Crippen molar-refractivity contribution in [3.05, 3.63) is 109 Å². The molecule has 0 spiro atoms.